The Bertz CT molecular complexity index is 1080. The van der Waals surface area contributed by atoms with E-state index in [9.17, 15) is 0 Å². The molecule has 0 radical (unpaired) electrons. The van der Waals surface area contributed by atoms with Crippen LogP contribution < -0.4 is 0 Å². The lowest BCUT2D eigenvalue weighted by molar-refractivity contribution is 0.213. The van der Waals surface area contributed by atoms with Gasteiger partial charge in [0, 0.05) is 18.0 Å². The first-order valence-electron chi connectivity index (χ1n) is 8.00. The summed E-state index contributed by atoms with van der Waals surface area (Å²) in [6.07, 6.45) is 4.41. The summed E-state index contributed by atoms with van der Waals surface area (Å²) in [4.78, 5) is 13.6. The van der Waals surface area contributed by atoms with Crippen LogP contribution in [0.1, 0.15) is 23.9 Å². The van der Waals surface area contributed by atoms with E-state index in [0.717, 1.165) is 40.1 Å². The monoisotopic (exact) mass is 331 g/mol. The first-order valence-corrected chi connectivity index (χ1v) is 8.00. The van der Waals surface area contributed by atoms with Crippen LogP contribution in [0.15, 0.2) is 60.0 Å². The molecule has 0 unspecified atom stereocenters. The number of hydrogen-bond donors (Lipinski definition) is 0. The first kappa shape index (κ1) is 15.3. The van der Waals surface area contributed by atoms with Crippen LogP contribution in [0, 0.1) is 0 Å². The van der Waals surface area contributed by atoms with Gasteiger partial charge in [-0.25, -0.2) is 9.50 Å². The predicted molar refractivity (Wildman–Crippen MR) is 96.8 cm³/mol. The van der Waals surface area contributed by atoms with Crippen molar-refractivity contribution < 1.29 is 4.84 Å². The average molecular weight is 331 g/mol. The van der Waals surface area contributed by atoms with Crippen molar-refractivity contribution >= 4 is 22.3 Å². The number of pyridine rings is 1. The van der Waals surface area contributed by atoms with E-state index >= 15 is 0 Å². The number of hydrogen-bond acceptors (Lipinski definition) is 5. The molecule has 124 valence electrons. The number of aromatic nitrogens is 4. The molecule has 0 atom stereocenters. The molecular formula is C19H17N5O. The molecule has 6 heteroatoms. The molecule has 4 aromatic rings. The van der Waals surface area contributed by atoms with Crippen molar-refractivity contribution in [2.24, 2.45) is 5.16 Å². The molecule has 0 spiro atoms. The quantitative estimate of drug-likeness (QED) is 0.425. The van der Waals surface area contributed by atoms with Gasteiger partial charge in [-0.3, -0.25) is 4.98 Å². The summed E-state index contributed by atoms with van der Waals surface area (Å²) in [5, 5.41) is 9.72. The Labute approximate surface area is 144 Å². The van der Waals surface area contributed by atoms with Crippen LogP contribution in [0.4, 0.5) is 0 Å². The van der Waals surface area contributed by atoms with Crippen LogP contribution in [0.5, 0.6) is 0 Å². The predicted octanol–water partition coefficient (Wildman–Crippen LogP) is 3.24. The molecule has 25 heavy (non-hydrogen) atoms. The van der Waals surface area contributed by atoms with E-state index in [-0.39, 0.29) is 0 Å². The molecule has 0 aliphatic heterocycles. The molecule has 4 rings (SSSR count). The Balaban J connectivity index is 1.72. The Morgan fingerprint density at radius 1 is 1.16 bits per heavy atom. The molecule has 3 heterocycles. The minimum atomic E-state index is 0.723. The van der Waals surface area contributed by atoms with E-state index in [0.29, 0.717) is 0 Å². The largest absolute Gasteiger partial charge is 0.399 e. The molecule has 6 nitrogen and oxygen atoms in total. The molecule has 1 aromatic carbocycles. The lowest BCUT2D eigenvalue weighted by atomic mass is 10.1. The molecular weight excluding hydrogens is 314 g/mol. The van der Waals surface area contributed by atoms with Crippen molar-refractivity contribution in [1.29, 1.82) is 0 Å². The van der Waals surface area contributed by atoms with Crippen molar-refractivity contribution in [2.45, 2.75) is 13.3 Å². The third-order valence-electron chi connectivity index (χ3n) is 4.08. The number of benzene rings is 1. The van der Waals surface area contributed by atoms with Gasteiger partial charge < -0.3 is 4.84 Å². The number of nitrogens with zero attached hydrogens (tertiary/aromatic N) is 5. The van der Waals surface area contributed by atoms with Crippen LogP contribution in [-0.2, 0) is 11.3 Å². The summed E-state index contributed by atoms with van der Waals surface area (Å²) in [7, 11) is 1.53. The number of imidazole rings is 1. The van der Waals surface area contributed by atoms with E-state index in [1.165, 1.54) is 12.7 Å². The topological polar surface area (TPSA) is 64.7 Å². The highest BCUT2D eigenvalue weighted by Crippen LogP contribution is 2.17. The summed E-state index contributed by atoms with van der Waals surface area (Å²) in [6.45, 7) is 1.87. The van der Waals surface area contributed by atoms with Crippen LogP contribution in [0.25, 0.3) is 16.6 Å². The normalized spacial score (nSPS) is 12.0. The summed E-state index contributed by atoms with van der Waals surface area (Å²) in [6, 6.07) is 14.1. The van der Waals surface area contributed by atoms with Gasteiger partial charge in [0.05, 0.1) is 17.4 Å². The fourth-order valence-corrected chi connectivity index (χ4v) is 2.86. The average Bonchev–Trinajstić information content (AvgIpc) is 3.04. The van der Waals surface area contributed by atoms with Crippen molar-refractivity contribution in [1.82, 2.24) is 19.6 Å². The maximum atomic E-state index is 4.84. The molecule has 0 fully saturated rings. The van der Waals surface area contributed by atoms with Crippen molar-refractivity contribution in [3.8, 4) is 0 Å². The highest BCUT2D eigenvalue weighted by molar-refractivity contribution is 5.96. The zero-order chi connectivity index (χ0) is 17.2. The molecule has 3 aromatic heterocycles. The zero-order valence-electron chi connectivity index (χ0n) is 14.0. The van der Waals surface area contributed by atoms with Crippen molar-refractivity contribution in [2.75, 3.05) is 7.11 Å². The highest BCUT2D eigenvalue weighted by Gasteiger charge is 2.09. The molecule has 0 N–H and O–H groups in total. The molecule has 0 aliphatic carbocycles. The van der Waals surface area contributed by atoms with Crippen LogP contribution in [-0.4, -0.2) is 32.4 Å². The third kappa shape index (κ3) is 2.94. The molecule has 0 aliphatic rings. The van der Waals surface area contributed by atoms with E-state index in [2.05, 4.69) is 38.4 Å². The van der Waals surface area contributed by atoms with Gasteiger partial charge in [0.1, 0.15) is 18.5 Å². The van der Waals surface area contributed by atoms with E-state index in [4.69, 9.17) is 4.84 Å². The smallest absolute Gasteiger partial charge is 0.153 e. The molecule has 0 saturated carbocycles. The highest BCUT2D eigenvalue weighted by atomic mass is 16.6. The van der Waals surface area contributed by atoms with Gasteiger partial charge in [0.15, 0.2) is 5.65 Å². The Morgan fingerprint density at radius 3 is 2.96 bits per heavy atom. The van der Waals surface area contributed by atoms with Gasteiger partial charge in [-0.1, -0.05) is 17.3 Å². The molecule has 0 bridgehead atoms. The second kappa shape index (κ2) is 6.32. The second-order valence-electron chi connectivity index (χ2n) is 5.80. The van der Waals surface area contributed by atoms with Gasteiger partial charge in [-0.2, -0.15) is 5.10 Å². The van der Waals surface area contributed by atoms with E-state index in [1.807, 2.05) is 48.1 Å². The summed E-state index contributed by atoms with van der Waals surface area (Å²) in [5.74, 6) is 0. The Kier molecular flexibility index (Phi) is 3.85. The van der Waals surface area contributed by atoms with Gasteiger partial charge in [0.2, 0.25) is 0 Å². The SMILES string of the molecule is CON=C(C)c1ccc2ncc(Cc3ccc4ncccc4c3)n2n1. The Hall–Kier alpha value is -3.28. The van der Waals surface area contributed by atoms with E-state index in [1.54, 1.807) is 0 Å². The third-order valence-corrected chi connectivity index (χ3v) is 4.08. The van der Waals surface area contributed by atoms with Crippen molar-refractivity contribution in [3.63, 3.8) is 0 Å². The maximum Gasteiger partial charge on any atom is 0.153 e. The van der Waals surface area contributed by atoms with Gasteiger partial charge in [-0.15, -0.1) is 0 Å². The lowest BCUT2D eigenvalue weighted by Gasteiger charge is -2.05. The van der Waals surface area contributed by atoms with Gasteiger partial charge in [-0.05, 0) is 42.8 Å². The van der Waals surface area contributed by atoms with Crippen LogP contribution >= 0.6 is 0 Å². The second-order valence-corrected chi connectivity index (χ2v) is 5.80. The number of rotatable bonds is 4. The molecule has 0 amide bonds. The molecule has 0 saturated heterocycles. The van der Waals surface area contributed by atoms with Gasteiger partial charge >= 0.3 is 0 Å². The summed E-state index contributed by atoms with van der Waals surface area (Å²) < 4.78 is 1.86. The fraction of sp³-hybridized carbons (Fsp3) is 0.158. The van der Waals surface area contributed by atoms with Gasteiger partial charge in [0.25, 0.3) is 0 Å². The zero-order valence-corrected chi connectivity index (χ0v) is 14.0. The fourth-order valence-electron chi connectivity index (χ4n) is 2.86. The number of fused-ring (bicyclic) bond motifs is 2. The van der Waals surface area contributed by atoms with E-state index < -0.39 is 0 Å². The minimum Gasteiger partial charge on any atom is -0.399 e. The standard InChI is InChI=1S/C19H17N5O/c1-13(23-25-2)17-7-8-19-21-12-16(24(19)22-17)11-14-5-6-18-15(10-14)4-3-9-20-18/h3-10,12H,11H2,1-2H3. The van der Waals surface area contributed by atoms with Crippen LogP contribution in [0.2, 0.25) is 0 Å². The summed E-state index contributed by atoms with van der Waals surface area (Å²) in [5.41, 5.74) is 5.50. The summed E-state index contributed by atoms with van der Waals surface area (Å²) >= 11 is 0. The first-order chi connectivity index (χ1) is 12.2. The minimum absolute atomic E-state index is 0.723. The maximum absolute atomic E-state index is 4.84. The number of oxime groups is 1. The lowest BCUT2D eigenvalue weighted by Crippen LogP contribution is -2.06. The Morgan fingerprint density at radius 2 is 2.08 bits per heavy atom. The van der Waals surface area contributed by atoms with Crippen molar-refractivity contribution in [3.05, 3.63) is 71.8 Å². The van der Waals surface area contributed by atoms with Crippen LogP contribution in [0.3, 0.4) is 0 Å².